The second kappa shape index (κ2) is 5.96. The van der Waals surface area contributed by atoms with Crippen molar-refractivity contribution in [3.8, 4) is 0 Å². The zero-order chi connectivity index (χ0) is 18.5. The zero-order valence-corrected chi connectivity index (χ0v) is 15.3. The fourth-order valence-electron chi connectivity index (χ4n) is 4.29. The highest BCUT2D eigenvalue weighted by Crippen LogP contribution is 2.38. The van der Waals surface area contributed by atoms with Crippen LogP contribution >= 0.6 is 0 Å². The molecular weight excluding hydrogens is 332 g/mol. The maximum atomic E-state index is 11.7. The summed E-state index contributed by atoms with van der Waals surface area (Å²) < 4.78 is 1.73. The Morgan fingerprint density at radius 1 is 1.31 bits per heavy atom. The van der Waals surface area contributed by atoms with Crippen molar-refractivity contribution in [2.45, 2.75) is 64.0 Å². The lowest BCUT2D eigenvalue weighted by Gasteiger charge is -2.42. The molecule has 26 heavy (non-hydrogen) atoms. The number of hydrogen-bond acceptors (Lipinski definition) is 4. The summed E-state index contributed by atoms with van der Waals surface area (Å²) in [7, 11) is 0. The highest BCUT2D eigenvalue weighted by molar-refractivity contribution is 5.92. The van der Waals surface area contributed by atoms with Gasteiger partial charge in [0.15, 0.2) is 0 Å². The summed E-state index contributed by atoms with van der Waals surface area (Å²) in [6, 6.07) is 2.06. The fraction of sp³-hybridized carbons (Fsp3) is 0.556. The molecule has 0 bridgehead atoms. The Bertz CT molecular complexity index is 946. The highest BCUT2D eigenvalue weighted by Gasteiger charge is 2.36. The lowest BCUT2D eigenvalue weighted by atomic mass is 9.82. The Morgan fingerprint density at radius 2 is 2.04 bits per heavy atom. The molecule has 0 radical (unpaired) electrons. The summed E-state index contributed by atoms with van der Waals surface area (Å²) in [6.07, 6.45) is 6.22. The van der Waals surface area contributed by atoms with Crippen LogP contribution in [-0.2, 0) is 0 Å². The van der Waals surface area contributed by atoms with Crippen LogP contribution in [0.2, 0.25) is 0 Å². The van der Waals surface area contributed by atoms with Gasteiger partial charge in [0.1, 0.15) is 17.5 Å². The molecule has 1 fully saturated rings. The normalized spacial score (nSPS) is 21.3. The number of nitrogens with one attached hydrogen (secondary N) is 1. The summed E-state index contributed by atoms with van der Waals surface area (Å²) in [6.45, 7) is 5.86. The van der Waals surface area contributed by atoms with Crippen LogP contribution in [0.3, 0.4) is 0 Å². The first-order valence-corrected chi connectivity index (χ1v) is 9.05. The lowest BCUT2D eigenvalue weighted by molar-refractivity contribution is 0.0545. The second-order valence-electron chi connectivity index (χ2n) is 8.08. The molecule has 3 heterocycles. The Labute approximate surface area is 151 Å². The molecule has 1 aliphatic rings. The van der Waals surface area contributed by atoms with Gasteiger partial charge in [0.2, 0.25) is 0 Å². The maximum absolute atomic E-state index is 11.7. The van der Waals surface area contributed by atoms with Gasteiger partial charge in [-0.3, -0.25) is 0 Å². The smallest absolute Gasteiger partial charge is 0.407 e. The van der Waals surface area contributed by atoms with Crippen LogP contribution in [0.15, 0.2) is 18.6 Å². The monoisotopic (exact) mass is 356 g/mol. The largest absolute Gasteiger partial charge is 0.465 e. The van der Waals surface area contributed by atoms with Crippen LogP contribution in [0.25, 0.3) is 16.6 Å². The molecule has 0 spiro atoms. The van der Waals surface area contributed by atoms with E-state index in [1.54, 1.807) is 15.7 Å². The van der Waals surface area contributed by atoms with Crippen molar-refractivity contribution in [3.63, 3.8) is 0 Å². The number of H-pyrrole nitrogens is 1. The molecule has 138 valence electrons. The first kappa shape index (κ1) is 16.8. The number of hydrogen-bond donors (Lipinski definition) is 2. The fourth-order valence-corrected chi connectivity index (χ4v) is 4.29. The summed E-state index contributed by atoms with van der Waals surface area (Å²) in [5, 5.41) is 19.3. The van der Waals surface area contributed by atoms with Crippen molar-refractivity contribution in [3.05, 3.63) is 24.3 Å². The van der Waals surface area contributed by atoms with Gasteiger partial charge in [-0.1, -0.05) is 5.21 Å². The first-order chi connectivity index (χ1) is 12.4. The SMILES string of the molecule is CC(C)(C)N(C(=O)O)[C@H]1CC[C@H](c2nnn3cnc4[nH]ccc4c23)CC1. The molecule has 4 rings (SSSR count). The number of aromatic amines is 1. The molecule has 0 aromatic carbocycles. The van der Waals surface area contributed by atoms with Crippen molar-refractivity contribution < 1.29 is 9.90 Å². The van der Waals surface area contributed by atoms with Crippen LogP contribution in [0.1, 0.15) is 58.1 Å². The standard InChI is InChI=1S/C18H24N6O2/c1-18(2,3)24(17(25)26)12-6-4-11(5-7-12)14-15-13-8-9-19-16(13)20-10-23(15)22-21-14/h8-12,19H,4-7H2,1-3H3,(H,25,26)/t11-,12-. The molecule has 1 amide bonds. The molecule has 8 heteroatoms. The van der Waals surface area contributed by atoms with Gasteiger partial charge in [0, 0.05) is 29.1 Å². The molecule has 1 aliphatic carbocycles. The molecule has 0 atom stereocenters. The number of fused-ring (bicyclic) bond motifs is 3. The average Bonchev–Trinajstić information content (AvgIpc) is 3.19. The van der Waals surface area contributed by atoms with Crippen LogP contribution < -0.4 is 0 Å². The Hall–Kier alpha value is -2.64. The van der Waals surface area contributed by atoms with Gasteiger partial charge in [0.05, 0.1) is 5.69 Å². The quantitative estimate of drug-likeness (QED) is 0.733. The molecule has 3 aromatic heterocycles. The van der Waals surface area contributed by atoms with Crippen molar-refractivity contribution >= 4 is 22.6 Å². The summed E-state index contributed by atoms with van der Waals surface area (Å²) in [4.78, 5) is 20.8. The molecule has 2 N–H and O–H groups in total. The number of carboxylic acid groups (broad SMARTS) is 1. The van der Waals surface area contributed by atoms with Crippen LogP contribution in [-0.4, -0.2) is 52.5 Å². The Morgan fingerprint density at radius 3 is 2.69 bits per heavy atom. The zero-order valence-electron chi connectivity index (χ0n) is 15.3. The van der Waals surface area contributed by atoms with E-state index in [-0.39, 0.29) is 6.04 Å². The van der Waals surface area contributed by atoms with Gasteiger partial charge in [-0.25, -0.2) is 14.3 Å². The maximum Gasteiger partial charge on any atom is 0.407 e. The molecular formula is C18H24N6O2. The number of nitrogens with zero attached hydrogens (tertiary/aromatic N) is 5. The van der Waals surface area contributed by atoms with E-state index in [1.165, 1.54) is 0 Å². The minimum Gasteiger partial charge on any atom is -0.465 e. The van der Waals surface area contributed by atoms with E-state index in [4.69, 9.17) is 0 Å². The number of rotatable bonds is 2. The summed E-state index contributed by atoms with van der Waals surface area (Å²) >= 11 is 0. The molecule has 8 nitrogen and oxygen atoms in total. The molecule has 0 aliphatic heterocycles. The van der Waals surface area contributed by atoms with E-state index in [1.807, 2.05) is 33.0 Å². The summed E-state index contributed by atoms with van der Waals surface area (Å²) in [5.41, 5.74) is 2.44. The average molecular weight is 356 g/mol. The summed E-state index contributed by atoms with van der Waals surface area (Å²) in [5.74, 6) is 0.292. The van der Waals surface area contributed by atoms with Crippen LogP contribution in [0.4, 0.5) is 4.79 Å². The predicted octanol–water partition coefficient (Wildman–Crippen LogP) is 3.41. The number of carbonyl (C=O) groups is 1. The second-order valence-corrected chi connectivity index (χ2v) is 8.08. The molecule has 0 unspecified atom stereocenters. The van der Waals surface area contributed by atoms with Crippen molar-refractivity contribution in [2.24, 2.45) is 0 Å². The minimum atomic E-state index is -0.838. The van der Waals surface area contributed by atoms with Gasteiger partial charge in [0.25, 0.3) is 0 Å². The van der Waals surface area contributed by atoms with Gasteiger partial charge >= 0.3 is 6.09 Å². The minimum absolute atomic E-state index is 0.0551. The van der Waals surface area contributed by atoms with E-state index in [2.05, 4.69) is 20.3 Å². The van der Waals surface area contributed by atoms with Gasteiger partial charge in [-0.2, -0.15) is 0 Å². The Kier molecular flexibility index (Phi) is 3.86. The predicted molar refractivity (Wildman–Crippen MR) is 97.3 cm³/mol. The Balaban J connectivity index is 1.60. The van der Waals surface area contributed by atoms with Crippen LogP contribution in [0.5, 0.6) is 0 Å². The van der Waals surface area contributed by atoms with E-state index in [0.29, 0.717) is 5.92 Å². The van der Waals surface area contributed by atoms with Crippen molar-refractivity contribution in [1.29, 1.82) is 0 Å². The van der Waals surface area contributed by atoms with Crippen molar-refractivity contribution in [2.75, 3.05) is 0 Å². The third kappa shape index (κ3) is 2.69. The lowest BCUT2D eigenvalue weighted by Crippen LogP contribution is -2.52. The van der Waals surface area contributed by atoms with Gasteiger partial charge in [-0.15, -0.1) is 5.10 Å². The third-order valence-electron chi connectivity index (χ3n) is 5.37. The number of aromatic nitrogens is 5. The molecule has 0 saturated heterocycles. The first-order valence-electron chi connectivity index (χ1n) is 9.05. The van der Waals surface area contributed by atoms with Gasteiger partial charge < -0.3 is 15.0 Å². The van der Waals surface area contributed by atoms with E-state index in [9.17, 15) is 9.90 Å². The third-order valence-corrected chi connectivity index (χ3v) is 5.37. The van der Waals surface area contributed by atoms with E-state index in [0.717, 1.165) is 47.9 Å². The van der Waals surface area contributed by atoms with Crippen molar-refractivity contribution in [1.82, 2.24) is 29.7 Å². The van der Waals surface area contributed by atoms with E-state index >= 15 is 0 Å². The topological polar surface area (TPSA) is 99.4 Å². The van der Waals surface area contributed by atoms with Crippen LogP contribution in [0, 0.1) is 0 Å². The number of amides is 1. The van der Waals surface area contributed by atoms with E-state index < -0.39 is 11.6 Å². The molecule has 3 aromatic rings. The van der Waals surface area contributed by atoms with Gasteiger partial charge in [-0.05, 0) is 52.5 Å². The molecule has 1 saturated carbocycles. The highest BCUT2D eigenvalue weighted by atomic mass is 16.4.